The van der Waals surface area contributed by atoms with E-state index < -0.39 is 0 Å². The Morgan fingerprint density at radius 1 is 1.38 bits per heavy atom. The van der Waals surface area contributed by atoms with Gasteiger partial charge in [0, 0.05) is 6.54 Å². The highest BCUT2D eigenvalue weighted by atomic mass is 35.5. The molecular formula is C6H10ClN5O. The number of alkyl halides is 1. The van der Waals surface area contributed by atoms with Crippen LogP contribution < -0.4 is 11.1 Å². The van der Waals surface area contributed by atoms with Gasteiger partial charge in [0.05, 0.1) is 12.5 Å². The average molecular weight is 204 g/mol. The number of rotatable bonds is 4. The minimum absolute atomic E-state index is 0.00178. The van der Waals surface area contributed by atoms with Crippen molar-refractivity contribution in [3.05, 3.63) is 5.82 Å². The molecule has 1 aromatic rings. The lowest BCUT2D eigenvalue weighted by Crippen LogP contribution is -2.12. The number of nitrogens with two attached hydrogens (primary N) is 1. The summed E-state index contributed by atoms with van der Waals surface area (Å²) in [6, 6.07) is 0. The molecule has 0 saturated heterocycles. The lowest BCUT2D eigenvalue weighted by atomic mass is 10.6. The smallest absolute Gasteiger partial charge is 0.227 e. The second kappa shape index (κ2) is 4.78. The van der Waals surface area contributed by atoms with Gasteiger partial charge in [-0.2, -0.15) is 15.0 Å². The molecule has 0 saturated carbocycles. The van der Waals surface area contributed by atoms with Crippen molar-refractivity contribution >= 4 is 23.5 Å². The summed E-state index contributed by atoms with van der Waals surface area (Å²) in [5, 5.41) is 11.3. The molecule has 0 aliphatic carbocycles. The second-order valence-corrected chi connectivity index (χ2v) is 2.48. The van der Waals surface area contributed by atoms with Gasteiger partial charge < -0.3 is 16.2 Å². The number of hydrogen-bond acceptors (Lipinski definition) is 6. The molecule has 0 radical (unpaired) electrons. The first-order valence-electron chi connectivity index (χ1n) is 3.67. The molecule has 1 heterocycles. The maximum atomic E-state index is 8.53. The van der Waals surface area contributed by atoms with Crippen LogP contribution in [0.5, 0.6) is 0 Å². The minimum atomic E-state index is 0.00178. The normalized spacial score (nSPS) is 10.0. The van der Waals surface area contributed by atoms with Crippen molar-refractivity contribution < 1.29 is 5.11 Å². The highest BCUT2D eigenvalue weighted by Crippen LogP contribution is 2.03. The number of aliphatic hydroxyl groups excluding tert-OH is 1. The molecule has 0 spiro atoms. The van der Waals surface area contributed by atoms with Gasteiger partial charge in [0.25, 0.3) is 0 Å². The Hall–Kier alpha value is -1.14. The molecule has 0 amide bonds. The summed E-state index contributed by atoms with van der Waals surface area (Å²) < 4.78 is 0. The van der Waals surface area contributed by atoms with Crippen molar-refractivity contribution in [1.29, 1.82) is 0 Å². The van der Waals surface area contributed by atoms with Gasteiger partial charge in [0.2, 0.25) is 11.9 Å². The number of aromatic nitrogens is 3. The molecule has 0 atom stereocenters. The van der Waals surface area contributed by atoms with E-state index in [1.165, 1.54) is 0 Å². The van der Waals surface area contributed by atoms with Gasteiger partial charge in [-0.15, -0.1) is 11.6 Å². The molecule has 0 aliphatic heterocycles. The van der Waals surface area contributed by atoms with Crippen LogP contribution in [0.3, 0.4) is 0 Å². The molecule has 72 valence electrons. The number of hydrogen-bond donors (Lipinski definition) is 3. The number of nitrogen functional groups attached to an aromatic ring is 1. The Balaban J connectivity index is 2.76. The van der Waals surface area contributed by atoms with Crippen molar-refractivity contribution in [2.45, 2.75) is 5.88 Å². The fraction of sp³-hybridized carbons (Fsp3) is 0.500. The van der Waals surface area contributed by atoms with Crippen molar-refractivity contribution in [3.8, 4) is 0 Å². The molecule has 4 N–H and O–H groups in total. The monoisotopic (exact) mass is 203 g/mol. The lowest BCUT2D eigenvalue weighted by molar-refractivity contribution is 0.310. The zero-order chi connectivity index (χ0) is 9.68. The second-order valence-electron chi connectivity index (χ2n) is 2.22. The Morgan fingerprint density at radius 2 is 2.15 bits per heavy atom. The van der Waals surface area contributed by atoms with E-state index >= 15 is 0 Å². The molecule has 1 aromatic heterocycles. The Kier molecular flexibility index (Phi) is 3.66. The Bertz CT molecular complexity index is 282. The Morgan fingerprint density at radius 3 is 2.77 bits per heavy atom. The fourth-order valence-electron chi connectivity index (χ4n) is 0.744. The van der Waals surface area contributed by atoms with Gasteiger partial charge in [-0.3, -0.25) is 0 Å². The molecule has 0 bridgehead atoms. The van der Waals surface area contributed by atoms with Gasteiger partial charge in [0.1, 0.15) is 0 Å². The van der Waals surface area contributed by atoms with Crippen LogP contribution in [0.15, 0.2) is 0 Å². The summed E-state index contributed by atoms with van der Waals surface area (Å²) in [5.74, 6) is 1.04. The fourth-order valence-corrected chi connectivity index (χ4v) is 0.864. The van der Waals surface area contributed by atoms with Crippen molar-refractivity contribution in [2.24, 2.45) is 0 Å². The van der Waals surface area contributed by atoms with E-state index in [1.807, 2.05) is 0 Å². The van der Waals surface area contributed by atoms with Gasteiger partial charge in [0.15, 0.2) is 5.82 Å². The summed E-state index contributed by atoms with van der Waals surface area (Å²) in [6.45, 7) is 0.368. The molecule has 0 aromatic carbocycles. The van der Waals surface area contributed by atoms with Crippen LogP contribution in [0.2, 0.25) is 0 Å². The van der Waals surface area contributed by atoms with Crippen LogP contribution in [-0.2, 0) is 5.88 Å². The molecule has 1 rings (SSSR count). The summed E-state index contributed by atoms with van der Waals surface area (Å²) in [7, 11) is 0. The number of nitrogens with zero attached hydrogens (tertiary/aromatic N) is 3. The third-order valence-corrected chi connectivity index (χ3v) is 1.45. The van der Waals surface area contributed by atoms with E-state index in [9.17, 15) is 0 Å². The third-order valence-electron chi connectivity index (χ3n) is 1.21. The van der Waals surface area contributed by atoms with Crippen LogP contribution >= 0.6 is 11.6 Å². The van der Waals surface area contributed by atoms with Gasteiger partial charge in [-0.05, 0) is 0 Å². The quantitative estimate of drug-likeness (QED) is 0.576. The minimum Gasteiger partial charge on any atom is -0.395 e. The van der Waals surface area contributed by atoms with Crippen LogP contribution in [0.25, 0.3) is 0 Å². The van der Waals surface area contributed by atoms with Crippen molar-refractivity contribution in [2.75, 3.05) is 24.2 Å². The summed E-state index contributed by atoms with van der Waals surface area (Å²) >= 11 is 5.52. The highest BCUT2D eigenvalue weighted by Gasteiger charge is 2.01. The topological polar surface area (TPSA) is 97.0 Å². The predicted molar refractivity (Wildman–Crippen MR) is 49.4 cm³/mol. The lowest BCUT2D eigenvalue weighted by Gasteiger charge is -2.03. The first-order chi connectivity index (χ1) is 6.26. The molecule has 6 nitrogen and oxygen atoms in total. The molecule has 0 fully saturated rings. The number of halogens is 1. The number of aliphatic hydroxyl groups is 1. The first kappa shape index (κ1) is 9.94. The van der Waals surface area contributed by atoms with Crippen molar-refractivity contribution in [3.63, 3.8) is 0 Å². The van der Waals surface area contributed by atoms with E-state index in [0.717, 1.165) is 0 Å². The molecule has 7 heteroatoms. The van der Waals surface area contributed by atoms with E-state index in [1.54, 1.807) is 0 Å². The molecule has 0 unspecified atom stereocenters. The number of anilines is 2. The predicted octanol–water partition coefficient (Wildman–Crippen LogP) is -0.403. The molecular weight excluding hydrogens is 194 g/mol. The third kappa shape index (κ3) is 3.00. The maximum Gasteiger partial charge on any atom is 0.227 e. The van der Waals surface area contributed by atoms with E-state index in [0.29, 0.717) is 18.3 Å². The van der Waals surface area contributed by atoms with Crippen LogP contribution in [0.1, 0.15) is 5.82 Å². The summed E-state index contributed by atoms with van der Waals surface area (Å²) in [5.41, 5.74) is 5.38. The zero-order valence-electron chi connectivity index (χ0n) is 6.87. The van der Waals surface area contributed by atoms with E-state index in [2.05, 4.69) is 20.3 Å². The van der Waals surface area contributed by atoms with Gasteiger partial charge in [-0.25, -0.2) is 0 Å². The van der Waals surface area contributed by atoms with Crippen LogP contribution in [0, 0.1) is 0 Å². The van der Waals surface area contributed by atoms with E-state index in [4.69, 9.17) is 22.4 Å². The van der Waals surface area contributed by atoms with E-state index in [-0.39, 0.29) is 18.4 Å². The average Bonchev–Trinajstić information content (AvgIpc) is 2.14. The first-order valence-corrected chi connectivity index (χ1v) is 4.21. The zero-order valence-corrected chi connectivity index (χ0v) is 7.62. The van der Waals surface area contributed by atoms with Crippen molar-refractivity contribution in [1.82, 2.24) is 15.0 Å². The molecule has 0 aliphatic rings. The van der Waals surface area contributed by atoms with Crippen LogP contribution in [-0.4, -0.2) is 33.2 Å². The highest BCUT2D eigenvalue weighted by molar-refractivity contribution is 6.16. The Labute approximate surface area is 80.2 Å². The van der Waals surface area contributed by atoms with Crippen LogP contribution in [0.4, 0.5) is 11.9 Å². The largest absolute Gasteiger partial charge is 0.395 e. The summed E-state index contributed by atoms with van der Waals surface area (Å²) in [4.78, 5) is 11.5. The maximum absolute atomic E-state index is 8.53. The summed E-state index contributed by atoms with van der Waals surface area (Å²) in [6.07, 6.45) is 0. The van der Waals surface area contributed by atoms with Gasteiger partial charge in [-0.1, -0.05) is 0 Å². The van der Waals surface area contributed by atoms with Gasteiger partial charge >= 0.3 is 0 Å². The SMILES string of the molecule is Nc1nc(CCl)nc(NCCO)n1. The molecule has 13 heavy (non-hydrogen) atoms. The standard InChI is InChI=1S/C6H10ClN5O/c7-3-4-10-5(8)12-6(11-4)9-1-2-13/h13H,1-3H2,(H3,8,9,10,11,12). The number of nitrogens with one attached hydrogen (secondary N) is 1.